The molecule has 0 saturated heterocycles. The lowest BCUT2D eigenvalue weighted by Crippen LogP contribution is -2.23. The minimum Gasteiger partial charge on any atom is -0.299 e. The van der Waals surface area contributed by atoms with Crippen molar-refractivity contribution in [1.29, 1.82) is 0 Å². The summed E-state index contributed by atoms with van der Waals surface area (Å²) in [5.74, 6) is 0.465. The maximum Gasteiger partial charge on any atom is 0.0507 e. The van der Waals surface area contributed by atoms with Gasteiger partial charge in [0.25, 0.3) is 0 Å². The lowest BCUT2D eigenvalue weighted by molar-refractivity contribution is 0.281. The number of hydrogen-bond acceptors (Lipinski definition) is 2. The predicted octanol–water partition coefficient (Wildman–Crippen LogP) is 4.59. The Balaban J connectivity index is 2.34. The minimum absolute atomic E-state index is 0.465. The van der Waals surface area contributed by atoms with E-state index in [1.807, 2.05) is 6.20 Å². The van der Waals surface area contributed by atoms with Crippen molar-refractivity contribution in [2.24, 2.45) is 0 Å². The van der Waals surface area contributed by atoms with Crippen LogP contribution in [0.25, 0.3) is 10.8 Å². The molecule has 20 heavy (non-hydrogen) atoms. The van der Waals surface area contributed by atoms with Gasteiger partial charge in [-0.2, -0.15) is 0 Å². The molecule has 0 aliphatic rings. The van der Waals surface area contributed by atoms with Crippen LogP contribution in [0.5, 0.6) is 0 Å². The lowest BCUT2D eigenvalue weighted by atomic mass is 10.00. The van der Waals surface area contributed by atoms with Crippen LogP contribution in [0.4, 0.5) is 0 Å². The van der Waals surface area contributed by atoms with E-state index in [0.717, 1.165) is 13.1 Å². The van der Waals surface area contributed by atoms with Crippen molar-refractivity contribution in [2.45, 2.75) is 46.6 Å². The molecule has 0 atom stereocenters. The first-order chi connectivity index (χ1) is 9.65. The number of pyridine rings is 1. The van der Waals surface area contributed by atoms with Gasteiger partial charge in [0.2, 0.25) is 0 Å². The smallest absolute Gasteiger partial charge is 0.0507 e. The van der Waals surface area contributed by atoms with Crippen molar-refractivity contribution >= 4 is 10.8 Å². The van der Waals surface area contributed by atoms with Gasteiger partial charge in [-0.05, 0) is 48.5 Å². The summed E-state index contributed by atoms with van der Waals surface area (Å²) in [6.07, 6.45) is 3.13. The van der Waals surface area contributed by atoms with Crippen LogP contribution in [0, 0.1) is 0 Å². The second kappa shape index (κ2) is 6.85. The van der Waals surface area contributed by atoms with E-state index in [-0.39, 0.29) is 0 Å². The number of rotatable bonds is 6. The van der Waals surface area contributed by atoms with Crippen LogP contribution in [-0.4, -0.2) is 23.0 Å². The first kappa shape index (κ1) is 15.0. The maximum absolute atomic E-state index is 4.57. The van der Waals surface area contributed by atoms with E-state index in [1.165, 1.54) is 35.0 Å². The molecule has 1 aromatic heterocycles. The zero-order valence-corrected chi connectivity index (χ0v) is 13.2. The Labute approximate surface area is 122 Å². The average molecular weight is 270 g/mol. The fourth-order valence-corrected chi connectivity index (χ4v) is 2.72. The van der Waals surface area contributed by atoms with E-state index in [2.05, 4.69) is 61.8 Å². The standard InChI is InChI=1S/C18H26N2/c1-5-11-20(6-2)13-15-7-8-16-9-10-19-18(14(3)4)17(16)12-15/h7-10,12,14H,5-6,11,13H2,1-4H3. The predicted molar refractivity (Wildman–Crippen MR) is 87.1 cm³/mol. The highest BCUT2D eigenvalue weighted by Gasteiger charge is 2.08. The summed E-state index contributed by atoms with van der Waals surface area (Å²) in [4.78, 5) is 7.06. The Bertz CT molecular complexity index is 560. The van der Waals surface area contributed by atoms with Crippen molar-refractivity contribution < 1.29 is 0 Å². The van der Waals surface area contributed by atoms with Gasteiger partial charge in [0.15, 0.2) is 0 Å². The normalized spacial score (nSPS) is 11.7. The Morgan fingerprint density at radius 1 is 1.15 bits per heavy atom. The van der Waals surface area contributed by atoms with Crippen LogP contribution < -0.4 is 0 Å². The summed E-state index contributed by atoms with van der Waals surface area (Å²) < 4.78 is 0. The molecule has 2 heteroatoms. The molecular weight excluding hydrogens is 244 g/mol. The summed E-state index contributed by atoms with van der Waals surface area (Å²) in [6, 6.07) is 8.92. The number of nitrogens with zero attached hydrogens (tertiary/aromatic N) is 2. The molecule has 0 fully saturated rings. The summed E-state index contributed by atoms with van der Waals surface area (Å²) in [7, 11) is 0. The van der Waals surface area contributed by atoms with Gasteiger partial charge in [-0.1, -0.05) is 39.8 Å². The quantitative estimate of drug-likeness (QED) is 0.763. The highest BCUT2D eigenvalue weighted by Crippen LogP contribution is 2.24. The Hall–Kier alpha value is -1.41. The van der Waals surface area contributed by atoms with Gasteiger partial charge in [-0.3, -0.25) is 9.88 Å². The monoisotopic (exact) mass is 270 g/mol. The highest BCUT2D eigenvalue weighted by molar-refractivity contribution is 5.85. The van der Waals surface area contributed by atoms with E-state index in [0.29, 0.717) is 5.92 Å². The third-order valence-electron chi connectivity index (χ3n) is 3.80. The molecule has 0 bridgehead atoms. The highest BCUT2D eigenvalue weighted by atomic mass is 15.1. The van der Waals surface area contributed by atoms with Gasteiger partial charge in [0.1, 0.15) is 0 Å². The first-order valence-electron chi connectivity index (χ1n) is 7.75. The third kappa shape index (κ3) is 3.37. The van der Waals surface area contributed by atoms with Crippen LogP contribution in [0.2, 0.25) is 0 Å². The van der Waals surface area contributed by atoms with Gasteiger partial charge in [-0.25, -0.2) is 0 Å². The summed E-state index contributed by atoms with van der Waals surface area (Å²) >= 11 is 0. The molecule has 0 N–H and O–H groups in total. The molecule has 2 aromatic rings. The van der Waals surface area contributed by atoms with Crippen molar-refractivity contribution in [2.75, 3.05) is 13.1 Å². The number of fused-ring (bicyclic) bond motifs is 1. The SMILES string of the molecule is CCCN(CC)Cc1ccc2ccnc(C(C)C)c2c1. The molecule has 0 saturated carbocycles. The van der Waals surface area contributed by atoms with Crippen molar-refractivity contribution in [3.63, 3.8) is 0 Å². The van der Waals surface area contributed by atoms with Crippen LogP contribution in [0.1, 0.15) is 51.3 Å². The third-order valence-corrected chi connectivity index (χ3v) is 3.80. The molecule has 1 aromatic carbocycles. The van der Waals surface area contributed by atoms with E-state index in [1.54, 1.807) is 0 Å². The Kier molecular flexibility index (Phi) is 5.13. The molecule has 2 rings (SSSR count). The molecule has 0 aliphatic heterocycles. The molecule has 108 valence electrons. The largest absolute Gasteiger partial charge is 0.299 e. The van der Waals surface area contributed by atoms with Crippen LogP contribution in [0.3, 0.4) is 0 Å². The molecule has 0 aliphatic carbocycles. The van der Waals surface area contributed by atoms with E-state index < -0.39 is 0 Å². The summed E-state index contributed by atoms with van der Waals surface area (Å²) in [6.45, 7) is 12.2. The average Bonchev–Trinajstić information content (AvgIpc) is 2.45. The van der Waals surface area contributed by atoms with Gasteiger partial charge >= 0.3 is 0 Å². The number of aromatic nitrogens is 1. The van der Waals surface area contributed by atoms with E-state index in [4.69, 9.17) is 0 Å². The van der Waals surface area contributed by atoms with Crippen LogP contribution in [-0.2, 0) is 6.54 Å². The van der Waals surface area contributed by atoms with Crippen LogP contribution in [0.15, 0.2) is 30.5 Å². The second-order valence-corrected chi connectivity index (χ2v) is 5.78. The molecule has 0 amide bonds. The second-order valence-electron chi connectivity index (χ2n) is 5.78. The Morgan fingerprint density at radius 2 is 1.95 bits per heavy atom. The zero-order chi connectivity index (χ0) is 14.5. The lowest BCUT2D eigenvalue weighted by Gasteiger charge is -2.20. The first-order valence-corrected chi connectivity index (χ1v) is 7.75. The van der Waals surface area contributed by atoms with Gasteiger partial charge in [0, 0.05) is 18.1 Å². The van der Waals surface area contributed by atoms with E-state index >= 15 is 0 Å². The molecule has 2 nitrogen and oxygen atoms in total. The topological polar surface area (TPSA) is 16.1 Å². The molecule has 1 heterocycles. The van der Waals surface area contributed by atoms with E-state index in [9.17, 15) is 0 Å². The fraction of sp³-hybridized carbons (Fsp3) is 0.500. The van der Waals surface area contributed by atoms with Crippen molar-refractivity contribution in [1.82, 2.24) is 9.88 Å². The van der Waals surface area contributed by atoms with Crippen LogP contribution >= 0.6 is 0 Å². The molecular formula is C18H26N2. The van der Waals surface area contributed by atoms with Gasteiger partial charge in [0.05, 0.1) is 5.69 Å². The summed E-state index contributed by atoms with van der Waals surface area (Å²) in [5, 5.41) is 2.61. The molecule has 0 spiro atoms. The minimum atomic E-state index is 0.465. The fourth-order valence-electron chi connectivity index (χ4n) is 2.72. The van der Waals surface area contributed by atoms with Crippen molar-refractivity contribution in [3.05, 3.63) is 41.7 Å². The number of hydrogen-bond donors (Lipinski definition) is 0. The van der Waals surface area contributed by atoms with Gasteiger partial charge < -0.3 is 0 Å². The Morgan fingerprint density at radius 3 is 2.60 bits per heavy atom. The number of benzene rings is 1. The molecule has 0 unspecified atom stereocenters. The maximum atomic E-state index is 4.57. The van der Waals surface area contributed by atoms with Crippen molar-refractivity contribution in [3.8, 4) is 0 Å². The molecule has 0 radical (unpaired) electrons. The summed E-state index contributed by atoms with van der Waals surface area (Å²) in [5.41, 5.74) is 2.60. The van der Waals surface area contributed by atoms with Gasteiger partial charge in [-0.15, -0.1) is 0 Å². The zero-order valence-electron chi connectivity index (χ0n) is 13.2.